The predicted octanol–water partition coefficient (Wildman–Crippen LogP) is 1.56. The van der Waals surface area contributed by atoms with Crippen molar-refractivity contribution in [1.82, 2.24) is 15.1 Å². The average molecular weight is 386 g/mol. The van der Waals surface area contributed by atoms with Crippen LogP contribution >= 0.6 is 0 Å². The van der Waals surface area contributed by atoms with Gasteiger partial charge in [-0.3, -0.25) is 9.69 Å². The van der Waals surface area contributed by atoms with Gasteiger partial charge in [-0.1, -0.05) is 6.07 Å². The molecule has 1 aromatic rings. The number of anilines is 1. The lowest BCUT2D eigenvalue weighted by Crippen LogP contribution is -2.46. The Kier molecular flexibility index (Phi) is 5.82. The van der Waals surface area contributed by atoms with Crippen LogP contribution in [0.1, 0.15) is 30.4 Å². The Labute approximate surface area is 166 Å². The van der Waals surface area contributed by atoms with E-state index in [2.05, 4.69) is 28.4 Å². The second-order valence-corrected chi connectivity index (χ2v) is 8.05. The highest BCUT2D eigenvalue weighted by Crippen LogP contribution is 2.28. The van der Waals surface area contributed by atoms with Crippen molar-refractivity contribution >= 4 is 17.7 Å². The third-order valence-electron chi connectivity index (χ3n) is 6.32. The van der Waals surface area contributed by atoms with Crippen LogP contribution in [-0.2, 0) is 17.6 Å². The summed E-state index contributed by atoms with van der Waals surface area (Å²) in [6.07, 6.45) is 4.11. The predicted molar refractivity (Wildman–Crippen MR) is 108 cm³/mol. The van der Waals surface area contributed by atoms with E-state index in [1.165, 1.54) is 11.1 Å². The molecule has 0 unspecified atom stereocenters. The molecule has 4 rings (SSSR count). The molecular weight excluding hydrogens is 356 g/mol. The van der Waals surface area contributed by atoms with Crippen LogP contribution in [0.2, 0.25) is 0 Å². The Morgan fingerprint density at radius 3 is 2.57 bits per heavy atom. The zero-order chi connectivity index (χ0) is 19.5. The van der Waals surface area contributed by atoms with Gasteiger partial charge in [0.05, 0.1) is 6.42 Å². The first-order valence-corrected chi connectivity index (χ1v) is 10.5. The number of benzene rings is 1. The number of aliphatic carboxylic acids is 1. The van der Waals surface area contributed by atoms with Crippen LogP contribution in [-0.4, -0.2) is 78.8 Å². The van der Waals surface area contributed by atoms with E-state index in [9.17, 15) is 9.59 Å². The highest BCUT2D eigenvalue weighted by molar-refractivity contribution is 5.94. The molecule has 0 aromatic heterocycles. The molecule has 2 saturated heterocycles. The molecule has 0 radical (unpaired) electrons. The van der Waals surface area contributed by atoms with Gasteiger partial charge in [-0.25, -0.2) is 4.79 Å². The van der Waals surface area contributed by atoms with Crippen molar-refractivity contribution < 1.29 is 14.7 Å². The molecule has 0 saturated carbocycles. The Hall–Kier alpha value is -2.12. The fourth-order valence-corrected chi connectivity index (χ4v) is 4.67. The summed E-state index contributed by atoms with van der Waals surface area (Å²) >= 11 is 0. The molecule has 28 heavy (non-hydrogen) atoms. The molecule has 3 heterocycles. The van der Waals surface area contributed by atoms with Crippen LogP contribution in [0.5, 0.6) is 0 Å². The van der Waals surface area contributed by atoms with Crippen molar-refractivity contribution in [2.75, 3.05) is 50.7 Å². The molecule has 3 aliphatic rings. The van der Waals surface area contributed by atoms with Gasteiger partial charge in [0.25, 0.3) is 0 Å². The molecule has 0 spiro atoms. The first kappa shape index (κ1) is 19.2. The lowest BCUT2D eigenvalue weighted by molar-refractivity contribution is -0.137. The lowest BCUT2D eigenvalue weighted by Gasteiger charge is -2.36. The Bertz CT molecular complexity index is 730. The highest BCUT2D eigenvalue weighted by Gasteiger charge is 2.36. The monoisotopic (exact) mass is 386 g/mol. The second-order valence-electron chi connectivity index (χ2n) is 8.05. The SMILES string of the molecule is O=C(O)CCN1CCC(N2CCN(c3ccc4c(c3)CCNCC4)C2=O)CC1. The van der Waals surface area contributed by atoms with Crippen LogP contribution < -0.4 is 10.2 Å². The molecule has 0 bridgehead atoms. The van der Waals surface area contributed by atoms with Gasteiger partial charge in [0.1, 0.15) is 0 Å². The lowest BCUT2D eigenvalue weighted by atomic mass is 10.0. The molecule has 152 valence electrons. The van der Waals surface area contributed by atoms with Crippen molar-refractivity contribution in [2.24, 2.45) is 0 Å². The van der Waals surface area contributed by atoms with Crippen molar-refractivity contribution in [1.29, 1.82) is 0 Å². The van der Waals surface area contributed by atoms with Gasteiger partial charge < -0.3 is 20.2 Å². The molecule has 0 atom stereocenters. The molecule has 2 fully saturated rings. The number of likely N-dealkylation sites (tertiary alicyclic amines) is 1. The van der Waals surface area contributed by atoms with E-state index in [4.69, 9.17) is 5.11 Å². The smallest absolute Gasteiger partial charge is 0.324 e. The van der Waals surface area contributed by atoms with E-state index >= 15 is 0 Å². The Balaban J connectivity index is 1.37. The van der Waals surface area contributed by atoms with Crippen molar-refractivity contribution in [3.8, 4) is 0 Å². The summed E-state index contributed by atoms with van der Waals surface area (Å²) in [5, 5.41) is 12.3. The minimum atomic E-state index is -0.746. The van der Waals surface area contributed by atoms with E-state index in [1.807, 2.05) is 9.80 Å². The summed E-state index contributed by atoms with van der Waals surface area (Å²) in [5.74, 6) is -0.746. The number of carbonyl (C=O) groups excluding carboxylic acids is 1. The summed E-state index contributed by atoms with van der Waals surface area (Å²) in [6, 6.07) is 6.88. The third-order valence-corrected chi connectivity index (χ3v) is 6.32. The average Bonchev–Trinajstić information content (AvgIpc) is 2.93. The Morgan fingerprint density at radius 1 is 1.07 bits per heavy atom. The van der Waals surface area contributed by atoms with Crippen molar-refractivity contribution in [3.63, 3.8) is 0 Å². The number of carbonyl (C=O) groups is 2. The van der Waals surface area contributed by atoms with Crippen LogP contribution in [0.3, 0.4) is 0 Å². The minimum absolute atomic E-state index is 0.121. The van der Waals surface area contributed by atoms with Gasteiger partial charge >= 0.3 is 12.0 Å². The van der Waals surface area contributed by atoms with E-state index in [0.29, 0.717) is 6.54 Å². The summed E-state index contributed by atoms with van der Waals surface area (Å²) in [6.45, 7) is 5.88. The van der Waals surface area contributed by atoms with Gasteiger partial charge in [-0.15, -0.1) is 0 Å². The van der Waals surface area contributed by atoms with Crippen molar-refractivity contribution in [2.45, 2.75) is 38.1 Å². The molecular formula is C21H30N4O3. The number of nitrogens with zero attached hydrogens (tertiary/aromatic N) is 3. The number of nitrogens with one attached hydrogen (secondary N) is 1. The van der Waals surface area contributed by atoms with E-state index < -0.39 is 5.97 Å². The summed E-state index contributed by atoms with van der Waals surface area (Å²) in [7, 11) is 0. The van der Waals surface area contributed by atoms with Crippen molar-refractivity contribution in [3.05, 3.63) is 29.3 Å². The van der Waals surface area contributed by atoms with Gasteiger partial charge in [-0.05, 0) is 62.0 Å². The standard InChI is InChI=1S/C21H30N4O3/c26-20(27)7-12-23-10-5-18(6-11-23)24-13-14-25(21(24)28)19-2-1-16-3-8-22-9-4-17(16)15-19/h1-2,15,18,22H,3-14H2,(H,26,27). The summed E-state index contributed by atoms with van der Waals surface area (Å²) in [5.41, 5.74) is 3.78. The number of piperidine rings is 1. The normalized spacial score (nSPS) is 21.6. The summed E-state index contributed by atoms with van der Waals surface area (Å²) in [4.78, 5) is 30.0. The molecule has 7 nitrogen and oxygen atoms in total. The van der Waals surface area contributed by atoms with E-state index in [-0.39, 0.29) is 18.5 Å². The molecule has 7 heteroatoms. The molecule has 1 aromatic carbocycles. The molecule has 3 aliphatic heterocycles. The van der Waals surface area contributed by atoms with Gasteiger partial charge in [-0.2, -0.15) is 0 Å². The third kappa shape index (κ3) is 4.15. The number of hydrogen-bond acceptors (Lipinski definition) is 4. The zero-order valence-electron chi connectivity index (χ0n) is 16.4. The second kappa shape index (κ2) is 8.49. The van der Waals surface area contributed by atoms with E-state index in [1.54, 1.807) is 0 Å². The number of hydrogen-bond donors (Lipinski definition) is 2. The molecule has 2 amide bonds. The minimum Gasteiger partial charge on any atom is -0.481 e. The fourth-order valence-electron chi connectivity index (χ4n) is 4.67. The summed E-state index contributed by atoms with van der Waals surface area (Å²) < 4.78 is 0. The first-order chi connectivity index (χ1) is 13.6. The first-order valence-electron chi connectivity index (χ1n) is 10.5. The van der Waals surface area contributed by atoms with Gasteiger partial charge in [0, 0.05) is 44.5 Å². The maximum atomic E-state index is 13.1. The maximum absolute atomic E-state index is 13.1. The number of amides is 2. The number of carboxylic acids is 1. The van der Waals surface area contributed by atoms with Gasteiger partial charge in [0.15, 0.2) is 0 Å². The highest BCUT2D eigenvalue weighted by atomic mass is 16.4. The van der Waals surface area contributed by atoms with E-state index in [0.717, 1.165) is 70.6 Å². The topological polar surface area (TPSA) is 76.1 Å². The number of carboxylic acid groups (broad SMARTS) is 1. The number of urea groups is 1. The quantitative estimate of drug-likeness (QED) is 0.803. The van der Waals surface area contributed by atoms with Crippen LogP contribution in [0.15, 0.2) is 18.2 Å². The number of rotatable bonds is 5. The van der Waals surface area contributed by atoms with Crippen LogP contribution in [0, 0.1) is 0 Å². The maximum Gasteiger partial charge on any atom is 0.324 e. The number of fused-ring (bicyclic) bond motifs is 1. The molecule has 0 aliphatic carbocycles. The van der Waals surface area contributed by atoms with Crippen LogP contribution in [0.25, 0.3) is 0 Å². The largest absolute Gasteiger partial charge is 0.481 e. The van der Waals surface area contributed by atoms with Crippen LogP contribution in [0.4, 0.5) is 10.5 Å². The molecule has 2 N–H and O–H groups in total. The van der Waals surface area contributed by atoms with Gasteiger partial charge in [0.2, 0.25) is 0 Å². The zero-order valence-corrected chi connectivity index (χ0v) is 16.4. The Morgan fingerprint density at radius 2 is 1.82 bits per heavy atom. The fraction of sp³-hybridized carbons (Fsp3) is 0.619.